The van der Waals surface area contributed by atoms with Gasteiger partial charge in [0.2, 0.25) is 11.8 Å². The number of methoxy groups -OCH3 is 3. The molecule has 11 heteroatoms. The van der Waals surface area contributed by atoms with E-state index in [9.17, 15) is 24.9 Å². The maximum absolute atomic E-state index is 13.7. The minimum Gasteiger partial charge on any atom is -0.497 e. The van der Waals surface area contributed by atoms with Crippen LogP contribution in [0.4, 0.5) is 0 Å². The van der Waals surface area contributed by atoms with Gasteiger partial charge in [-0.15, -0.1) is 0 Å². The second kappa shape index (κ2) is 14.1. The molecular weight excluding hydrogens is 556 g/mol. The molecule has 0 saturated carbocycles. The van der Waals surface area contributed by atoms with Gasteiger partial charge in [-0.05, 0) is 59.9 Å². The van der Waals surface area contributed by atoms with Gasteiger partial charge in [0.15, 0.2) is 11.5 Å². The Labute approximate surface area is 252 Å². The standard InChI is InChI=1S/C32H42N2O9/c1-18(2)12-27(37)34(10-8-20-15-21(40-3)6-7-25(20)41-4)24-16-23(32(39)33-9-11-35)28-22-13-19(17-36)14-26(42-5)30(22)43-31(28)29(24)38/h6-7,13-16,18,24,28-29,31,35-36,38H,8-12,17H2,1-5H3,(H,33,39)/t24-,28+,29+,31+/m1/s1. The van der Waals surface area contributed by atoms with Crippen LogP contribution >= 0.6 is 0 Å². The summed E-state index contributed by atoms with van der Waals surface area (Å²) in [6.45, 7) is 3.63. The zero-order valence-electron chi connectivity index (χ0n) is 25.3. The number of nitrogens with one attached hydrogen (secondary N) is 1. The zero-order chi connectivity index (χ0) is 31.3. The van der Waals surface area contributed by atoms with Gasteiger partial charge in [-0.1, -0.05) is 13.8 Å². The van der Waals surface area contributed by atoms with Crippen LogP contribution in [0, 0.1) is 5.92 Å². The lowest BCUT2D eigenvalue weighted by atomic mass is 9.77. The van der Waals surface area contributed by atoms with Crippen molar-refractivity contribution in [1.82, 2.24) is 10.2 Å². The normalized spacial score (nSPS) is 20.4. The van der Waals surface area contributed by atoms with Gasteiger partial charge in [0, 0.05) is 30.6 Å². The van der Waals surface area contributed by atoms with Crippen molar-refractivity contribution in [3.05, 3.63) is 58.7 Å². The monoisotopic (exact) mass is 598 g/mol. The number of ether oxygens (including phenoxy) is 4. The SMILES string of the molecule is COc1ccc(OC)c(CCN(C(=O)CC(C)C)[C@@H]2C=C(C(=O)NCCO)[C@@H]3c4cc(CO)cc(OC)c4O[C@@H]3[C@H]2O)c1. The number of nitrogens with zero attached hydrogens (tertiary/aromatic N) is 1. The van der Waals surface area contributed by atoms with Crippen molar-refractivity contribution >= 4 is 11.8 Å². The summed E-state index contributed by atoms with van der Waals surface area (Å²) in [5.74, 6) is 0.761. The lowest BCUT2D eigenvalue weighted by Gasteiger charge is -2.41. The fraction of sp³-hybridized carbons (Fsp3) is 0.500. The average Bonchev–Trinajstić information content (AvgIpc) is 3.39. The lowest BCUT2D eigenvalue weighted by Crippen LogP contribution is -2.56. The van der Waals surface area contributed by atoms with E-state index in [-0.39, 0.29) is 44.5 Å². The average molecular weight is 599 g/mol. The quantitative estimate of drug-likeness (QED) is 0.272. The first-order valence-electron chi connectivity index (χ1n) is 14.4. The van der Waals surface area contributed by atoms with Crippen LogP contribution in [-0.4, -0.2) is 91.3 Å². The van der Waals surface area contributed by atoms with E-state index in [4.69, 9.17) is 18.9 Å². The second-order valence-corrected chi connectivity index (χ2v) is 11.1. The molecule has 4 N–H and O–H groups in total. The van der Waals surface area contributed by atoms with Gasteiger partial charge in [-0.25, -0.2) is 0 Å². The molecule has 0 bridgehead atoms. The molecule has 1 aliphatic carbocycles. The van der Waals surface area contributed by atoms with Gasteiger partial charge in [0.25, 0.3) is 0 Å². The molecule has 0 fully saturated rings. The van der Waals surface area contributed by atoms with E-state index >= 15 is 0 Å². The number of aliphatic hydroxyl groups is 3. The first-order chi connectivity index (χ1) is 20.7. The highest BCUT2D eigenvalue weighted by molar-refractivity contribution is 5.96. The molecule has 2 aliphatic rings. The first-order valence-corrected chi connectivity index (χ1v) is 14.4. The van der Waals surface area contributed by atoms with Crippen molar-refractivity contribution in [3.63, 3.8) is 0 Å². The molecule has 0 unspecified atom stereocenters. The smallest absolute Gasteiger partial charge is 0.247 e. The molecule has 1 heterocycles. The molecule has 0 aromatic heterocycles. The topological polar surface area (TPSA) is 147 Å². The number of hydrogen-bond donors (Lipinski definition) is 4. The first kappa shape index (κ1) is 32.1. The Morgan fingerprint density at radius 2 is 1.79 bits per heavy atom. The third kappa shape index (κ3) is 6.74. The summed E-state index contributed by atoms with van der Waals surface area (Å²) >= 11 is 0. The number of rotatable bonds is 13. The maximum atomic E-state index is 13.7. The number of carbonyl (C=O) groups is 2. The predicted molar refractivity (Wildman–Crippen MR) is 158 cm³/mol. The van der Waals surface area contributed by atoms with Crippen LogP contribution in [0.2, 0.25) is 0 Å². The summed E-state index contributed by atoms with van der Waals surface area (Å²) in [7, 11) is 4.62. The van der Waals surface area contributed by atoms with Gasteiger partial charge in [0.05, 0.1) is 46.5 Å². The van der Waals surface area contributed by atoms with E-state index in [1.807, 2.05) is 19.9 Å². The van der Waals surface area contributed by atoms with E-state index in [2.05, 4.69) is 5.32 Å². The number of hydrogen-bond acceptors (Lipinski definition) is 9. The van der Waals surface area contributed by atoms with Crippen LogP contribution in [0.1, 0.15) is 42.9 Å². The van der Waals surface area contributed by atoms with Gasteiger partial charge in [-0.3, -0.25) is 9.59 Å². The second-order valence-electron chi connectivity index (χ2n) is 11.1. The summed E-state index contributed by atoms with van der Waals surface area (Å²) in [6.07, 6.45) is 0.161. The largest absolute Gasteiger partial charge is 0.497 e. The Kier molecular flexibility index (Phi) is 10.5. The number of aliphatic hydroxyl groups excluding tert-OH is 3. The molecule has 1 aliphatic heterocycles. The molecule has 11 nitrogen and oxygen atoms in total. The number of amides is 2. The molecular formula is C32H42N2O9. The minimum absolute atomic E-state index is 0.0279. The zero-order valence-corrected chi connectivity index (χ0v) is 25.3. The molecule has 43 heavy (non-hydrogen) atoms. The predicted octanol–water partition coefficient (Wildman–Crippen LogP) is 1.94. The summed E-state index contributed by atoms with van der Waals surface area (Å²) in [6, 6.07) is 7.93. The lowest BCUT2D eigenvalue weighted by molar-refractivity contribution is -0.137. The van der Waals surface area contributed by atoms with E-state index < -0.39 is 30.1 Å². The van der Waals surface area contributed by atoms with Gasteiger partial charge < -0.3 is 44.5 Å². The Morgan fingerprint density at radius 3 is 2.42 bits per heavy atom. The molecule has 2 aromatic carbocycles. The highest BCUT2D eigenvalue weighted by Crippen LogP contribution is 2.51. The maximum Gasteiger partial charge on any atom is 0.247 e. The van der Waals surface area contributed by atoms with Crippen LogP contribution in [0.25, 0.3) is 0 Å². The summed E-state index contributed by atoms with van der Waals surface area (Å²) in [5, 5.41) is 33.8. The van der Waals surface area contributed by atoms with Gasteiger partial charge in [-0.2, -0.15) is 0 Å². The van der Waals surface area contributed by atoms with E-state index in [0.717, 1.165) is 5.56 Å². The number of benzene rings is 2. The Hall–Kier alpha value is -3.80. The fourth-order valence-corrected chi connectivity index (χ4v) is 5.84. The van der Waals surface area contributed by atoms with E-state index in [1.54, 1.807) is 49.5 Å². The number of fused-ring (bicyclic) bond motifs is 3. The van der Waals surface area contributed by atoms with Crippen molar-refractivity contribution < 1.29 is 43.9 Å². The van der Waals surface area contributed by atoms with Crippen LogP contribution in [0.5, 0.6) is 23.0 Å². The van der Waals surface area contributed by atoms with E-state index in [0.29, 0.717) is 46.1 Å². The molecule has 2 amide bonds. The highest BCUT2D eigenvalue weighted by Gasteiger charge is 2.51. The molecule has 4 atom stereocenters. The van der Waals surface area contributed by atoms with Crippen LogP contribution in [-0.2, 0) is 22.6 Å². The van der Waals surface area contributed by atoms with Crippen molar-refractivity contribution in [3.8, 4) is 23.0 Å². The minimum atomic E-state index is -1.20. The van der Waals surface area contributed by atoms with Crippen LogP contribution in [0.15, 0.2) is 42.0 Å². The fourth-order valence-electron chi connectivity index (χ4n) is 5.84. The summed E-state index contributed by atoms with van der Waals surface area (Å²) < 4.78 is 22.8. The molecule has 234 valence electrons. The molecule has 0 spiro atoms. The third-order valence-corrected chi connectivity index (χ3v) is 7.87. The Balaban J connectivity index is 1.78. The number of carbonyl (C=O) groups excluding carboxylic acids is 2. The Bertz CT molecular complexity index is 1340. The molecule has 0 saturated heterocycles. The summed E-state index contributed by atoms with van der Waals surface area (Å²) in [4.78, 5) is 28.9. The van der Waals surface area contributed by atoms with Crippen molar-refractivity contribution in [1.29, 1.82) is 0 Å². The van der Waals surface area contributed by atoms with Gasteiger partial charge >= 0.3 is 0 Å². The molecule has 0 radical (unpaired) electrons. The molecule has 2 aromatic rings. The van der Waals surface area contributed by atoms with E-state index in [1.165, 1.54) is 7.11 Å². The van der Waals surface area contributed by atoms with Crippen molar-refractivity contribution in [2.45, 2.75) is 57.5 Å². The molecule has 4 rings (SSSR count). The van der Waals surface area contributed by atoms with Crippen molar-refractivity contribution in [2.24, 2.45) is 5.92 Å². The Morgan fingerprint density at radius 1 is 1.05 bits per heavy atom. The summed E-state index contributed by atoms with van der Waals surface area (Å²) in [5.41, 5.74) is 2.28. The third-order valence-electron chi connectivity index (χ3n) is 7.87. The van der Waals surface area contributed by atoms with Crippen LogP contribution < -0.4 is 24.3 Å². The van der Waals surface area contributed by atoms with Crippen LogP contribution in [0.3, 0.4) is 0 Å². The highest BCUT2D eigenvalue weighted by atomic mass is 16.5. The van der Waals surface area contributed by atoms with Crippen molar-refractivity contribution in [2.75, 3.05) is 41.0 Å². The van der Waals surface area contributed by atoms with Gasteiger partial charge in [0.1, 0.15) is 23.7 Å².